The molecule has 0 atom stereocenters. The van der Waals surface area contributed by atoms with Crippen molar-refractivity contribution >= 4 is 27.5 Å². The molecule has 0 aliphatic rings. The monoisotopic (exact) mass is 329 g/mol. The van der Waals surface area contributed by atoms with Crippen LogP contribution in [0.2, 0.25) is 5.02 Å². The zero-order valence-electron chi connectivity index (χ0n) is 10.1. The smallest absolute Gasteiger partial charge is 0.164 e. The van der Waals surface area contributed by atoms with Gasteiger partial charge in [-0.15, -0.1) is 10.2 Å². The second-order valence-electron chi connectivity index (χ2n) is 4.19. The highest BCUT2D eigenvalue weighted by molar-refractivity contribution is 9.10. The van der Waals surface area contributed by atoms with E-state index >= 15 is 0 Å². The van der Waals surface area contributed by atoms with Crippen LogP contribution in [0.1, 0.15) is 25.7 Å². The third kappa shape index (κ3) is 2.43. The van der Waals surface area contributed by atoms with Gasteiger partial charge in [0.1, 0.15) is 6.61 Å². The van der Waals surface area contributed by atoms with Crippen LogP contribution in [-0.4, -0.2) is 19.9 Å². The minimum absolute atomic E-state index is 0.125. The molecule has 0 saturated carbocycles. The molecule has 1 aromatic heterocycles. The first-order valence-corrected chi connectivity index (χ1v) is 6.71. The summed E-state index contributed by atoms with van der Waals surface area (Å²) in [5.41, 5.74) is 0.909. The summed E-state index contributed by atoms with van der Waals surface area (Å²) in [5.74, 6) is 1.29. The second-order valence-corrected chi connectivity index (χ2v) is 5.45. The molecule has 0 bridgehead atoms. The maximum Gasteiger partial charge on any atom is 0.164 e. The molecule has 2 rings (SSSR count). The van der Waals surface area contributed by atoms with Crippen molar-refractivity contribution in [2.45, 2.75) is 26.5 Å². The molecule has 6 heteroatoms. The Bertz CT molecular complexity index is 568. The van der Waals surface area contributed by atoms with Gasteiger partial charge in [0.05, 0.1) is 5.02 Å². The lowest BCUT2D eigenvalue weighted by molar-refractivity contribution is 0.262. The number of aliphatic hydroxyl groups is 1. The van der Waals surface area contributed by atoms with Crippen LogP contribution in [0.3, 0.4) is 0 Å². The van der Waals surface area contributed by atoms with Crippen molar-refractivity contribution in [3.05, 3.63) is 33.5 Å². The van der Waals surface area contributed by atoms with E-state index in [2.05, 4.69) is 26.1 Å². The molecule has 0 aliphatic heterocycles. The normalized spacial score (nSPS) is 11.2. The number of hydrogen-bond acceptors (Lipinski definition) is 3. The van der Waals surface area contributed by atoms with Crippen LogP contribution < -0.4 is 0 Å². The molecular formula is C12H13BrClN3O. The van der Waals surface area contributed by atoms with Gasteiger partial charge in [0.15, 0.2) is 11.6 Å². The fourth-order valence-electron chi connectivity index (χ4n) is 1.81. The molecule has 18 heavy (non-hydrogen) atoms. The Labute approximate surface area is 119 Å². The highest BCUT2D eigenvalue weighted by Crippen LogP contribution is 2.29. The standard InChI is InChI=1S/C12H13BrClN3O/c1-7(2)17-11(6-18)15-16-12(17)8-3-4-10(14)9(13)5-8/h3-5,7,18H,6H2,1-2H3. The van der Waals surface area contributed by atoms with Crippen molar-refractivity contribution < 1.29 is 5.11 Å². The summed E-state index contributed by atoms with van der Waals surface area (Å²) in [6, 6.07) is 5.76. The topological polar surface area (TPSA) is 50.9 Å². The zero-order valence-corrected chi connectivity index (χ0v) is 12.4. The number of rotatable bonds is 3. The van der Waals surface area contributed by atoms with Crippen molar-refractivity contribution in [1.82, 2.24) is 14.8 Å². The number of hydrogen-bond donors (Lipinski definition) is 1. The van der Waals surface area contributed by atoms with E-state index in [4.69, 9.17) is 11.6 Å². The zero-order chi connectivity index (χ0) is 13.3. The van der Waals surface area contributed by atoms with Gasteiger partial charge in [-0.2, -0.15) is 0 Å². The van der Waals surface area contributed by atoms with E-state index in [1.54, 1.807) is 6.07 Å². The van der Waals surface area contributed by atoms with Crippen LogP contribution >= 0.6 is 27.5 Å². The predicted molar refractivity (Wildman–Crippen MR) is 74.5 cm³/mol. The molecule has 4 nitrogen and oxygen atoms in total. The van der Waals surface area contributed by atoms with Crippen LogP contribution in [0.5, 0.6) is 0 Å². The van der Waals surface area contributed by atoms with Crippen LogP contribution in [0.4, 0.5) is 0 Å². The lowest BCUT2D eigenvalue weighted by Crippen LogP contribution is -2.08. The molecular weight excluding hydrogens is 318 g/mol. The molecule has 0 spiro atoms. The SMILES string of the molecule is CC(C)n1c(CO)nnc1-c1ccc(Cl)c(Br)c1. The molecule has 1 aromatic carbocycles. The van der Waals surface area contributed by atoms with Gasteiger partial charge in [0.2, 0.25) is 0 Å². The Morgan fingerprint density at radius 1 is 1.39 bits per heavy atom. The third-order valence-corrected chi connectivity index (χ3v) is 3.82. The number of benzene rings is 1. The Morgan fingerprint density at radius 3 is 2.67 bits per heavy atom. The van der Waals surface area contributed by atoms with E-state index < -0.39 is 0 Å². The average molecular weight is 331 g/mol. The first-order chi connectivity index (χ1) is 8.54. The highest BCUT2D eigenvalue weighted by atomic mass is 79.9. The van der Waals surface area contributed by atoms with E-state index in [-0.39, 0.29) is 12.6 Å². The van der Waals surface area contributed by atoms with Gasteiger partial charge < -0.3 is 9.67 Å². The lowest BCUT2D eigenvalue weighted by Gasteiger charge is -2.13. The van der Waals surface area contributed by atoms with Gasteiger partial charge >= 0.3 is 0 Å². The first-order valence-electron chi connectivity index (χ1n) is 5.54. The summed E-state index contributed by atoms with van der Waals surface area (Å²) in [5, 5.41) is 18.1. The molecule has 1 heterocycles. The maximum absolute atomic E-state index is 9.27. The van der Waals surface area contributed by atoms with Gasteiger partial charge in [-0.25, -0.2) is 0 Å². The first kappa shape index (κ1) is 13.5. The van der Waals surface area contributed by atoms with Crippen LogP contribution in [0.25, 0.3) is 11.4 Å². The fraction of sp³-hybridized carbons (Fsp3) is 0.333. The second kappa shape index (κ2) is 5.38. The number of halogens is 2. The summed E-state index contributed by atoms with van der Waals surface area (Å²) in [6.07, 6.45) is 0. The third-order valence-electron chi connectivity index (χ3n) is 2.60. The summed E-state index contributed by atoms with van der Waals surface area (Å²) in [4.78, 5) is 0. The van der Waals surface area contributed by atoms with Crippen molar-refractivity contribution in [1.29, 1.82) is 0 Å². The maximum atomic E-state index is 9.27. The van der Waals surface area contributed by atoms with Gasteiger partial charge in [0.25, 0.3) is 0 Å². The minimum atomic E-state index is -0.125. The Balaban J connectivity index is 2.56. The molecule has 1 N–H and O–H groups in total. The van der Waals surface area contributed by atoms with E-state index in [9.17, 15) is 5.11 Å². The lowest BCUT2D eigenvalue weighted by atomic mass is 10.2. The van der Waals surface area contributed by atoms with Crippen molar-refractivity contribution in [3.63, 3.8) is 0 Å². The molecule has 0 saturated heterocycles. The Hall–Kier alpha value is -0.910. The number of aromatic nitrogens is 3. The molecule has 0 unspecified atom stereocenters. The van der Waals surface area contributed by atoms with Gasteiger partial charge in [-0.3, -0.25) is 0 Å². The largest absolute Gasteiger partial charge is 0.388 e. The Kier molecular flexibility index (Phi) is 4.04. The number of aliphatic hydroxyl groups excluding tert-OH is 1. The fourth-order valence-corrected chi connectivity index (χ4v) is 2.30. The van der Waals surface area contributed by atoms with E-state index in [1.807, 2.05) is 30.5 Å². The molecule has 0 fully saturated rings. The van der Waals surface area contributed by atoms with E-state index in [0.717, 1.165) is 15.9 Å². The van der Waals surface area contributed by atoms with Crippen LogP contribution in [0.15, 0.2) is 22.7 Å². The molecule has 0 aliphatic carbocycles. The summed E-state index contributed by atoms with van der Waals surface area (Å²) in [7, 11) is 0. The molecule has 2 aromatic rings. The van der Waals surface area contributed by atoms with Gasteiger partial charge in [0, 0.05) is 16.1 Å². The number of nitrogens with zero attached hydrogens (tertiary/aromatic N) is 3. The van der Waals surface area contributed by atoms with Crippen molar-refractivity contribution in [3.8, 4) is 11.4 Å². The van der Waals surface area contributed by atoms with Gasteiger partial charge in [-0.05, 0) is 48.0 Å². The van der Waals surface area contributed by atoms with Crippen LogP contribution in [0, 0.1) is 0 Å². The average Bonchev–Trinajstić information content (AvgIpc) is 2.76. The molecule has 96 valence electrons. The van der Waals surface area contributed by atoms with Crippen LogP contribution in [-0.2, 0) is 6.61 Å². The minimum Gasteiger partial charge on any atom is -0.388 e. The Morgan fingerprint density at radius 2 is 2.11 bits per heavy atom. The molecule has 0 amide bonds. The predicted octanol–water partition coefficient (Wildman–Crippen LogP) is 3.43. The summed E-state index contributed by atoms with van der Waals surface area (Å²) in [6.45, 7) is 3.92. The summed E-state index contributed by atoms with van der Waals surface area (Å²) >= 11 is 9.36. The van der Waals surface area contributed by atoms with Crippen molar-refractivity contribution in [2.75, 3.05) is 0 Å². The summed E-state index contributed by atoms with van der Waals surface area (Å²) < 4.78 is 2.72. The molecule has 0 radical (unpaired) electrons. The van der Waals surface area contributed by atoms with E-state index in [1.165, 1.54) is 0 Å². The van der Waals surface area contributed by atoms with E-state index in [0.29, 0.717) is 10.8 Å². The quantitative estimate of drug-likeness (QED) is 0.938. The highest BCUT2D eigenvalue weighted by Gasteiger charge is 2.16. The van der Waals surface area contributed by atoms with Crippen molar-refractivity contribution in [2.24, 2.45) is 0 Å². The van der Waals surface area contributed by atoms with Gasteiger partial charge in [-0.1, -0.05) is 11.6 Å².